The number of aromatic nitrogens is 2. The summed E-state index contributed by atoms with van der Waals surface area (Å²) in [7, 11) is 3.66. The van der Waals surface area contributed by atoms with E-state index in [1.807, 2.05) is 7.11 Å². The molecule has 0 amide bonds. The average Bonchev–Trinajstić information content (AvgIpc) is 3.41. The van der Waals surface area contributed by atoms with Crippen molar-refractivity contribution < 1.29 is 13.9 Å². The molecule has 0 unspecified atom stereocenters. The minimum atomic E-state index is 0.396. The minimum Gasteiger partial charge on any atom is -0.423 e. The normalized spacial score (nSPS) is 44.8. The van der Waals surface area contributed by atoms with Gasteiger partial charge in [0, 0.05) is 20.6 Å². The molecule has 5 heteroatoms. The number of fused-ring (bicyclic) bond motifs is 5. The van der Waals surface area contributed by atoms with Crippen molar-refractivity contribution in [3.8, 4) is 0 Å². The van der Waals surface area contributed by atoms with E-state index in [0.717, 1.165) is 54.2 Å². The summed E-state index contributed by atoms with van der Waals surface area (Å²) in [5.74, 6) is 6.99. The number of rotatable bonds is 7. The van der Waals surface area contributed by atoms with Crippen molar-refractivity contribution in [1.29, 1.82) is 0 Å². The van der Waals surface area contributed by atoms with Gasteiger partial charge >= 0.3 is 0 Å². The summed E-state index contributed by atoms with van der Waals surface area (Å²) in [4.78, 5) is 0. The Hall–Kier alpha value is -0.940. The van der Waals surface area contributed by atoms with Gasteiger partial charge in [0.25, 0.3) is 0 Å². The fraction of sp³-hybridized carbons (Fsp3) is 0.931. The highest BCUT2D eigenvalue weighted by Crippen LogP contribution is 2.69. The van der Waals surface area contributed by atoms with E-state index in [-0.39, 0.29) is 0 Å². The Morgan fingerprint density at radius 3 is 2.47 bits per heavy atom. The van der Waals surface area contributed by atoms with Crippen LogP contribution in [-0.4, -0.2) is 30.5 Å². The standard InChI is InChI=1S/C29H48N2O3/c1-18-11-13-28(3)20(15-18)16-24(33-6)27-22-9-8-21(29(22,4)14-12-23(27)28)19(2)7-10-25-30-31-26(34-25)17-32-5/h18-24,27H,7-17H2,1-6H3/t18-,19-,20+,21-,22+,23+,24-,27+,28+,29-/m1/s1. The second kappa shape index (κ2) is 9.50. The predicted octanol–water partition coefficient (Wildman–Crippen LogP) is 6.70. The lowest BCUT2D eigenvalue weighted by Crippen LogP contribution is -2.58. The fourth-order valence-electron chi connectivity index (χ4n) is 9.76. The Morgan fingerprint density at radius 2 is 1.71 bits per heavy atom. The van der Waals surface area contributed by atoms with E-state index < -0.39 is 0 Å². The first kappa shape index (κ1) is 24.7. The molecule has 0 N–H and O–H groups in total. The maximum Gasteiger partial charge on any atom is 0.242 e. The summed E-state index contributed by atoms with van der Waals surface area (Å²) in [6.45, 7) is 10.7. The van der Waals surface area contributed by atoms with Crippen molar-refractivity contribution in [3.63, 3.8) is 0 Å². The first-order chi connectivity index (χ1) is 16.3. The number of hydrogen-bond donors (Lipinski definition) is 0. The third-order valence-electron chi connectivity index (χ3n) is 11.6. The first-order valence-corrected chi connectivity index (χ1v) is 14.1. The summed E-state index contributed by atoms with van der Waals surface area (Å²) >= 11 is 0. The van der Waals surface area contributed by atoms with Gasteiger partial charge in [-0.3, -0.25) is 0 Å². The Labute approximate surface area is 207 Å². The summed E-state index contributed by atoms with van der Waals surface area (Å²) in [6, 6.07) is 0. The van der Waals surface area contributed by atoms with E-state index >= 15 is 0 Å². The van der Waals surface area contributed by atoms with Gasteiger partial charge in [0.1, 0.15) is 6.61 Å². The second-order valence-corrected chi connectivity index (χ2v) is 13.1. The van der Waals surface area contributed by atoms with Crippen molar-refractivity contribution in [2.24, 2.45) is 52.3 Å². The first-order valence-electron chi connectivity index (χ1n) is 14.1. The molecule has 0 bridgehead atoms. The van der Waals surface area contributed by atoms with E-state index in [0.29, 0.717) is 35.3 Å². The molecule has 1 aromatic heterocycles. The Kier molecular flexibility index (Phi) is 6.91. The summed E-state index contributed by atoms with van der Waals surface area (Å²) < 4.78 is 17.2. The van der Waals surface area contributed by atoms with Crippen LogP contribution in [0.15, 0.2) is 4.42 Å². The van der Waals surface area contributed by atoms with Crippen LogP contribution in [-0.2, 0) is 22.5 Å². The van der Waals surface area contributed by atoms with Crippen LogP contribution < -0.4 is 0 Å². The topological polar surface area (TPSA) is 57.4 Å². The molecule has 4 fully saturated rings. The Morgan fingerprint density at radius 1 is 0.971 bits per heavy atom. The summed E-state index contributed by atoms with van der Waals surface area (Å²) in [6.07, 6.45) is 13.6. The van der Waals surface area contributed by atoms with Gasteiger partial charge in [-0.25, -0.2) is 0 Å². The lowest BCUT2D eigenvalue weighted by Gasteiger charge is -2.63. The Bertz CT molecular complexity index is 841. The van der Waals surface area contributed by atoms with E-state index in [9.17, 15) is 0 Å². The van der Waals surface area contributed by atoms with Crippen LogP contribution in [0.1, 0.15) is 97.3 Å². The molecule has 1 aromatic rings. The molecule has 5 rings (SSSR count). The smallest absolute Gasteiger partial charge is 0.242 e. The molecular formula is C29H48N2O3. The van der Waals surface area contributed by atoms with Gasteiger partial charge in [0.05, 0.1) is 6.10 Å². The van der Waals surface area contributed by atoms with Crippen molar-refractivity contribution in [2.75, 3.05) is 14.2 Å². The molecule has 0 spiro atoms. The highest BCUT2D eigenvalue weighted by molar-refractivity contribution is 5.12. The molecule has 0 saturated heterocycles. The van der Waals surface area contributed by atoms with Gasteiger partial charge in [-0.05, 0) is 104 Å². The highest BCUT2D eigenvalue weighted by atomic mass is 16.5. The van der Waals surface area contributed by atoms with Crippen molar-refractivity contribution in [3.05, 3.63) is 11.8 Å². The number of aryl methyl sites for hydroxylation is 1. The molecular weight excluding hydrogens is 424 g/mol. The molecule has 192 valence electrons. The van der Waals surface area contributed by atoms with Gasteiger partial charge in [-0.15, -0.1) is 10.2 Å². The van der Waals surface area contributed by atoms with Gasteiger partial charge in [0.2, 0.25) is 11.8 Å². The predicted molar refractivity (Wildman–Crippen MR) is 133 cm³/mol. The number of ether oxygens (including phenoxy) is 2. The quantitative estimate of drug-likeness (QED) is 0.442. The number of nitrogens with zero attached hydrogens (tertiary/aromatic N) is 2. The summed E-state index contributed by atoms with van der Waals surface area (Å²) in [5.41, 5.74) is 0.980. The highest BCUT2D eigenvalue weighted by Gasteiger charge is 2.63. The molecule has 1 heterocycles. The van der Waals surface area contributed by atoms with Crippen LogP contribution in [0.25, 0.3) is 0 Å². The molecule has 34 heavy (non-hydrogen) atoms. The van der Waals surface area contributed by atoms with Crippen molar-refractivity contribution in [1.82, 2.24) is 10.2 Å². The van der Waals surface area contributed by atoms with E-state index in [1.165, 1.54) is 51.4 Å². The fourth-order valence-corrected chi connectivity index (χ4v) is 9.76. The lowest BCUT2D eigenvalue weighted by atomic mass is 9.43. The zero-order valence-electron chi connectivity index (χ0n) is 22.5. The zero-order chi connectivity index (χ0) is 24.1. The maximum absolute atomic E-state index is 6.33. The molecule has 0 aliphatic heterocycles. The molecule has 5 nitrogen and oxygen atoms in total. The summed E-state index contributed by atoms with van der Waals surface area (Å²) in [5, 5.41) is 8.36. The van der Waals surface area contributed by atoms with E-state index in [2.05, 4.69) is 37.9 Å². The molecule has 10 atom stereocenters. The van der Waals surface area contributed by atoms with Gasteiger partial charge < -0.3 is 13.9 Å². The van der Waals surface area contributed by atoms with Crippen LogP contribution in [0, 0.1) is 52.3 Å². The SMILES string of the molecule is COCc1nnc(CC[C@@H](C)[C@H]2CC[C@H]3[C@@H]4[C@H](OC)C[C@@H]5C[C@H](C)CC[C@]5(C)[C@H]4CC[C@]23C)o1. The van der Waals surface area contributed by atoms with E-state index in [4.69, 9.17) is 13.9 Å². The number of hydrogen-bond acceptors (Lipinski definition) is 5. The largest absolute Gasteiger partial charge is 0.423 e. The van der Waals surface area contributed by atoms with E-state index in [1.54, 1.807) is 7.11 Å². The van der Waals surface area contributed by atoms with Gasteiger partial charge in [0.15, 0.2) is 0 Å². The molecule has 4 aliphatic carbocycles. The second-order valence-electron chi connectivity index (χ2n) is 13.1. The van der Waals surface area contributed by atoms with Crippen LogP contribution in [0.5, 0.6) is 0 Å². The van der Waals surface area contributed by atoms with Crippen molar-refractivity contribution >= 4 is 0 Å². The average molecular weight is 473 g/mol. The molecule has 4 saturated carbocycles. The third-order valence-corrected chi connectivity index (χ3v) is 11.6. The maximum atomic E-state index is 6.33. The van der Waals surface area contributed by atoms with Gasteiger partial charge in [-0.2, -0.15) is 0 Å². The molecule has 0 aromatic carbocycles. The monoisotopic (exact) mass is 472 g/mol. The number of methoxy groups -OCH3 is 2. The Balaban J connectivity index is 1.30. The van der Waals surface area contributed by atoms with Crippen LogP contribution >= 0.6 is 0 Å². The van der Waals surface area contributed by atoms with Crippen LogP contribution in [0.3, 0.4) is 0 Å². The van der Waals surface area contributed by atoms with Crippen molar-refractivity contribution in [2.45, 2.75) is 105 Å². The molecule has 0 radical (unpaired) electrons. The van der Waals surface area contributed by atoms with Gasteiger partial charge in [-0.1, -0.05) is 34.1 Å². The minimum absolute atomic E-state index is 0.396. The van der Waals surface area contributed by atoms with Crippen LogP contribution in [0.2, 0.25) is 0 Å². The van der Waals surface area contributed by atoms with Crippen LogP contribution in [0.4, 0.5) is 0 Å². The zero-order valence-corrected chi connectivity index (χ0v) is 22.5. The third kappa shape index (κ3) is 4.07. The lowest BCUT2D eigenvalue weighted by molar-refractivity contribution is -0.176. The molecule has 4 aliphatic rings.